The van der Waals surface area contributed by atoms with Crippen LogP contribution in [-0.2, 0) is 4.74 Å². The highest BCUT2D eigenvalue weighted by Crippen LogP contribution is 2.37. The van der Waals surface area contributed by atoms with Crippen molar-refractivity contribution in [1.82, 2.24) is 5.32 Å². The first-order valence-corrected chi connectivity index (χ1v) is 6.49. The van der Waals surface area contributed by atoms with Crippen LogP contribution in [0.15, 0.2) is 0 Å². The molecule has 88 valence electrons. The Morgan fingerprint density at radius 2 is 1.80 bits per heavy atom. The molecule has 1 heterocycles. The minimum absolute atomic E-state index is 0.492. The van der Waals surface area contributed by atoms with Crippen LogP contribution in [0.3, 0.4) is 0 Å². The Kier molecular flexibility index (Phi) is 3.68. The predicted molar refractivity (Wildman–Crippen MR) is 63.0 cm³/mol. The van der Waals surface area contributed by atoms with Crippen molar-refractivity contribution in [3.8, 4) is 0 Å². The lowest BCUT2D eigenvalue weighted by atomic mass is 9.72. The van der Waals surface area contributed by atoms with Gasteiger partial charge >= 0.3 is 0 Å². The van der Waals surface area contributed by atoms with E-state index in [0.717, 1.165) is 25.2 Å². The maximum absolute atomic E-state index is 5.43. The fraction of sp³-hybridized carbons (Fsp3) is 1.00. The van der Waals surface area contributed by atoms with Gasteiger partial charge in [0.15, 0.2) is 0 Å². The minimum Gasteiger partial charge on any atom is -0.381 e. The molecular formula is C13H25NO. The van der Waals surface area contributed by atoms with Gasteiger partial charge in [-0.25, -0.2) is 0 Å². The maximum atomic E-state index is 5.43. The van der Waals surface area contributed by atoms with Crippen LogP contribution in [0.4, 0.5) is 0 Å². The van der Waals surface area contributed by atoms with Gasteiger partial charge in [0.1, 0.15) is 0 Å². The fourth-order valence-electron chi connectivity index (χ4n) is 2.57. The van der Waals surface area contributed by atoms with Gasteiger partial charge in [0.05, 0.1) is 0 Å². The molecule has 0 atom stereocenters. The van der Waals surface area contributed by atoms with Gasteiger partial charge in [0.25, 0.3) is 0 Å². The molecule has 1 saturated heterocycles. The van der Waals surface area contributed by atoms with E-state index in [0.29, 0.717) is 5.41 Å². The molecule has 0 spiro atoms. The summed E-state index contributed by atoms with van der Waals surface area (Å²) in [7, 11) is 0. The molecule has 1 saturated carbocycles. The third-order valence-electron chi connectivity index (χ3n) is 4.11. The normalized spacial score (nSPS) is 24.4. The number of rotatable bonds is 5. The molecule has 0 unspecified atom stereocenters. The summed E-state index contributed by atoms with van der Waals surface area (Å²) in [6.45, 7) is 8.01. The summed E-state index contributed by atoms with van der Waals surface area (Å²) < 4.78 is 5.43. The van der Waals surface area contributed by atoms with E-state index < -0.39 is 0 Å². The third-order valence-corrected chi connectivity index (χ3v) is 4.11. The molecule has 1 aliphatic carbocycles. The summed E-state index contributed by atoms with van der Waals surface area (Å²) >= 11 is 0. The Balaban J connectivity index is 1.70. The molecule has 2 aliphatic rings. The van der Waals surface area contributed by atoms with E-state index in [2.05, 4.69) is 19.2 Å². The highest BCUT2D eigenvalue weighted by Gasteiger charge is 2.31. The summed E-state index contributed by atoms with van der Waals surface area (Å²) in [5.41, 5.74) is 0.492. The molecule has 0 radical (unpaired) electrons. The Morgan fingerprint density at radius 3 is 2.40 bits per heavy atom. The van der Waals surface area contributed by atoms with Crippen molar-refractivity contribution < 1.29 is 4.74 Å². The van der Waals surface area contributed by atoms with Gasteiger partial charge in [-0.1, -0.05) is 13.8 Å². The zero-order valence-corrected chi connectivity index (χ0v) is 10.2. The van der Waals surface area contributed by atoms with Crippen molar-refractivity contribution in [3.05, 3.63) is 0 Å². The molecule has 1 aliphatic heterocycles. The summed E-state index contributed by atoms with van der Waals surface area (Å²) in [5, 5.41) is 3.62. The molecule has 0 amide bonds. The summed E-state index contributed by atoms with van der Waals surface area (Å²) in [6.07, 6.45) is 6.64. The zero-order valence-electron chi connectivity index (χ0n) is 10.2. The summed E-state index contributed by atoms with van der Waals surface area (Å²) in [5.74, 6) is 0.868. The van der Waals surface area contributed by atoms with Gasteiger partial charge in [-0.3, -0.25) is 0 Å². The van der Waals surface area contributed by atoms with Crippen LogP contribution in [0, 0.1) is 11.3 Å². The van der Waals surface area contributed by atoms with Gasteiger partial charge in [0, 0.05) is 19.3 Å². The highest BCUT2D eigenvalue weighted by atomic mass is 16.5. The van der Waals surface area contributed by atoms with E-state index in [1.54, 1.807) is 0 Å². The first-order valence-electron chi connectivity index (χ1n) is 6.49. The van der Waals surface area contributed by atoms with Gasteiger partial charge in [-0.2, -0.15) is 0 Å². The van der Waals surface area contributed by atoms with E-state index >= 15 is 0 Å². The van der Waals surface area contributed by atoms with E-state index in [9.17, 15) is 0 Å². The molecule has 2 heteroatoms. The number of hydrogen-bond acceptors (Lipinski definition) is 2. The first kappa shape index (κ1) is 11.4. The lowest BCUT2D eigenvalue weighted by Gasteiger charge is -2.37. The van der Waals surface area contributed by atoms with Gasteiger partial charge in [-0.15, -0.1) is 0 Å². The van der Waals surface area contributed by atoms with Crippen molar-refractivity contribution in [3.63, 3.8) is 0 Å². The van der Waals surface area contributed by atoms with Crippen molar-refractivity contribution in [2.75, 3.05) is 19.8 Å². The average molecular weight is 211 g/mol. The lowest BCUT2D eigenvalue weighted by Crippen LogP contribution is -2.33. The molecule has 0 aromatic carbocycles. The molecule has 0 aromatic rings. The van der Waals surface area contributed by atoms with Crippen molar-refractivity contribution >= 4 is 0 Å². The SMILES string of the molecule is CC(C)(CCNC1CC1)C1CCOCC1. The molecule has 2 fully saturated rings. The molecule has 15 heavy (non-hydrogen) atoms. The van der Waals surface area contributed by atoms with Crippen LogP contribution in [0.2, 0.25) is 0 Å². The second kappa shape index (κ2) is 4.84. The Labute approximate surface area is 93.8 Å². The van der Waals surface area contributed by atoms with Crippen LogP contribution in [0.25, 0.3) is 0 Å². The van der Waals surface area contributed by atoms with Crippen molar-refractivity contribution in [2.24, 2.45) is 11.3 Å². The van der Waals surface area contributed by atoms with E-state index in [1.165, 1.54) is 38.6 Å². The second-order valence-electron chi connectivity index (χ2n) is 5.85. The largest absolute Gasteiger partial charge is 0.381 e. The van der Waals surface area contributed by atoms with E-state index in [1.807, 2.05) is 0 Å². The van der Waals surface area contributed by atoms with Gasteiger partial charge < -0.3 is 10.1 Å². The Morgan fingerprint density at radius 1 is 1.13 bits per heavy atom. The molecule has 1 N–H and O–H groups in total. The lowest BCUT2D eigenvalue weighted by molar-refractivity contribution is 0.0198. The summed E-state index contributed by atoms with van der Waals surface area (Å²) in [6, 6.07) is 0.857. The number of ether oxygens (including phenoxy) is 1. The molecule has 2 rings (SSSR count). The third kappa shape index (κ3) is 3.46. The maximum Gasteiger partial charge on any atom is 0.0468 e. The zero-order chi connectivity index (χ0) is 10.7. The van der Waals surface area contributed by atoms with Crippen molar-refractivity contribution in [1.29, 1.82) is 0 Å². The Hall–Kier alpha value is -0.0800. The average Bonchev–Trinajstić information content (AvgIpc) is 3.03. The van der Waals surface area contributed by atoms with Crippen LogP contribution in [0.1, 0.15) is 46.0 Å². The van der Waals surface area contributed by atoms with Crippen molar-refractivity contribution in [2.45, 2.75) is 52.0 Å². The number of nitrogens with one attached hydrogen (secondary N) is 1. The smallest absolute Gasteiger partial charge is 0.0468 e. The van der Waals surface area contributed by atoms with Crippen LogP contribution < -0.4 is 5.32 Å². The van der Waals surface area contributed by atoms with Gasteiger partial charge in [0.2, 0.25) is 0 Å². The molecular weight excluding hydrogens is 186 g/mol. The predicted octanol–water partition coefficient (Wildman–Crippen LogP) is 2.58. The summed E-state index contributed by atoms with van der Waals surface area (Å²) in [4.78, 5) is 0. The van der Waals surface area contributed by atoms with E-state index in [-0.39, 0.29) is 0 Å². The first-order chi connectivity index (χ1) is 7.18. The fourth-order valence-corrected chi connectivity index (χ4v) is 2.57. The quantitative estimate of drug-likeness (QED) is 0.754. The van der Waals surface area contributed by atoms with Crippen LogP contribution >= 0.6 is 0 Å². The topological polar surface area (TPSA) is 21.3 Å². The standard InChI is InChI=1S/C13H25NO/c1-13(2,7-8-14-12-3-4-12)11-5-9-15-10-6-11/h11-12,14H,3-10H2,1-2H3. The van der Waals surface area contributed by atoms with Crippen LogP contribution in [-0.4, -0.2) is 25.8 Å². The second-order valence-corrected chi connectivity index (χ2v) is 5.85. The van der Waals surface area contributed by atoms with Gasteiger partial charge in [-0.05, 0) is 50.0 Å². The highest BCUT2D eigenvalue weighted by molar-refractivity contribution is 4.84. The molecule has 0 bridgehead atoms. The monoisotopic (exact) mass is 211 g/mol. The minimum atomic E-state index is 0.492. The Bertz CT molecular complexity index is 193. The molecule has 0 aromatic heterocycles. The molecule has 2 nitrogen and oxygen atoms in total. The van der Waals surface area contributed by atoms with E-state index in [4.69, 9.17) is 4.74 Å². The van der Waals surface area contributed by atoms with Crippen LogP contribution in [0.5, 0.6) is 0 Å². The number of hydrogen-bond donors (Lipinski definition) is 1.